The van der Waals surface area contributed by atoms with Crippen LogP contribution in [0, 0.1) is 13.8 Å². The van der Waals surface area contributed by atoms with Gasteiger partial charge in [-0.05, 0) is 38.3 Å². The second-order valence-electron chi connectivity index (χ2n) is 4.61. The lowest BCUT2D eigenvalue weighted by atomic mass is 9.97. The topological polar surface area (TPSA) is 51.8 Å². The Labute approximate surface area is 98.5 Å². The van der Waals surface area contributed by atoms with E-state index < -0.39 is 0 Å². The molecule has 0 amide bonds. The van der Waals surface area contributed by atoms with Gasteiger partial charge in [-0.15, -0.1) is 0 Å². The van der Waals surface area contributed by atoms with Gasteiger partial charge in [0.15, 0.2) is 0 Å². The van der Waals surface area contributed by atoms with Gasteiger partial charge in [-0.1, -0.05) is 20.8 Å². The SMILES string of the molecule is CCC(C)c1nc(C)c(C(C)CN)c(C)n1. The summed E-state index contributed by atoms with van der Waals surface area (Å²) in [5.41, 5.74) is 9.10. The molecule has 0 saturated carbocycles. The maximum Gasteiger partial charge on any atom is 0.131 e. The molecule has 0 spiro atoms. The molecule has 0 bridgehead atoms. The monoisotopic (exact) mass is 221 g/mol. The molecule has 1 aromatic heterocycles. The third kappa shape index (κ3) is 2.59. The lowest BCUT2D eigenvalue weighted by molar-refractivity contribution is 0.655. The Morgan fingerprint density at radius 2 is 1.56 bits per heavy atom. The van der Waals surface area contributed by atoms with Crippen LogP contribution >= 0.6 is 0 Å². The van der Waals surface area contributed by atoms with E-state index in [0.717, 1.165) is 23.6 Å². The smallest absolute Gasteiger partial charge is 0.131 e. The van der Waals surface area contributed by atoms with Gasteiger partial charge in [0.2, 0.25) is 0 Å². The molecule has 2 atom stereocenters. The molecular formula is C13H23N3. The van der Waals surface area contributed by atoms with Crippen molar-refractivity contribution in [3.63, 3.8) is 0 Å². The predicted molar refractivity (Wildman–Crippen MR) is 67.7 cm³/mol. The highest BCUT2D eigenvalue weighted by atomic mass is 14.9. The Morgan fingerprint density at radius 3 is 1.94 bits per heavy atom. The van der Waals surface area contributed by atoms with E-state index in [-0.39, 0.29) is 0 Å². The van der Waals surface area contributed by atoms with Gasteiger partial charge in [0.05, 0.1) is 0 Å². The third-order valence-electron chi connectivity index (χ3n) is 3.24. The molecule has 16 heavy (non-hydrogen) atoms. The van der Waals surface area contributed by atoms with Crippen LogP contribution in [0.15, 0.2) is 0 Å². The molecule has 1 rings (SSSR count). The van der Waals surface area contributed by atoms with Crippen molar-refractivity contribution in [3.05, 3.63) is 22.8 Å². The van der Waals surface area contributed by atoms with Crippen molar-refractivity contribution in [2.75, 3.05) is 6.54 Å². The largest absolute Gasteiger partial charge is 0.330 e. The molecule has 0 aromatic carbocycles. The van der Waals surface area contributed by atoms with Gasteiger partial charge in [-0.25, -0.2) is 9.97 Å². The minimum Gasteiger partial charge on any atom is -0.330 e. The minimum atomic E-state index is 0.339. The van der Waals surface area contributed by atoms with Crippen LogP contribution in [-0.4, -0.2) is 16.5 Å². The Morgan fingerprint density at radius 1 is 1.06 bits per heavy atom. The molecule has 90 valence electrons. The van der Waals surface area contributed by atoms with Crippen molar-refractivity contribution in [3.8, 4) is 0 Å². The lowest BCUT2D eigenvalue weighted by Gasteiger charge is -2.17. The fourth-order valence-electron chi connectivity index (χ4n) is 1.98. The van der Waals surface area contributed by atoms with E-state index in [9.17, 15) is 0 Å². The lowest BCUT2D eigenvalue weighted by Crippen LogP contribution is -2.15. The minimum absolute atomic E-state index is 0.339. The molecule has 0 radical (unpaired) electrons. The van der Waals surface area contributed by atoms with Crippen LogP contribution in [0.4, 0.5) is 0 Å². The van der Waals surface area contributed by atoms with Crippen molar-refractivity contribution in [2.45, 2.75) is 52.9 Å². The molecule has 0 fully saturated rings. The van der Waals surface area contributed by atoms with Gasteiger partial charge in [0, 0.05) is 17.3 Å². The van der Waals surface area contributed by atoms with E-state index in [1.165, 1.54) is 5.56 Å². The van der Waals surface area contributed by atoms with Crippen molar-refractivity contribution in [1.82, 2.24) is 9.97 Å². The first kappa shape index (κ1) is 13.1. The zero-order valence-electron chi connectivity index (χ0n) is 11.0. The highest BCUT2D eigenvalue weighted by Gasteiger charge is 2.15. The highest BCUT2D eigenvalue weighted by molar-refractivity contribution is 5.28. The molecule has 0 aliphatic rings. The van der Waals surface area contributed by atoms with E-state index in [2.05, 4.69) is 44.6 Å². The quantitative estimate of drug-likeness (QED) is 0.850. The summed E-state index contributed by atoms with van der Waals surface area (Å²) in [6, 6.07) is 0. The molecule has 2 N–H and O–H groups in total. The van der Waals surface area contributed by atoms with Crippen molar-refractivity contribution in [1.29, 1.82) is 0 Å². The van der Waals surface area contributed by atoms with Crippen LogP contribution in [0.5, 0.6) is 0 Å². The molecule has 0 saturated heterocycles. The van der Waals surface area contributed by atoms with E-state index >= 15 is 0 Å². The van der Waals surface area contributed by atoms with E-state index in [1.807, 2.05) is 0 Å². The summed E-state index contributed by atoms with van der Waals surface area (Å²) >= 11 is 0. The number of nitrogens with zero attached hydrogens (tertiary/aromatic N) is 2. The molecule has 0 aliphatic heterocycles. The van der Waals surface area contributed by atoms with Gasteiger partial charge in [-0.2, -0.15) is 0 Å². The fourth-order valence-corrected chi connectivity index (χ4v) is 1.98. The zero-order valence-corrected chi connectivity index (χ0v) is 11.0. The van der Waals surface area contributed by atoms with Crippen molar-refractivity contribution >= 4 is 0 Å². The van der Waals surface area contributed by atoms with E-state index in [0.29, 0.717) is 18.4 Å². The van der Waals surface area contributed by atoms with Crippen molar-refractivity contribution < 1.29 is 0 Å². The Kier molecular flexibility index (Phi) is 4.42. The number of nitrogens with two attached hydrogens (primary N) is 1. The number of rotatable bonds is 4. The molecule has 1 heterocycles. The predicted octanol–water partition coefficient (Wildman–Crippen LogP) is 2.67. The zero-order chi connectivity index (χ0) is 12.3. The summed E-state index contributed by atoms with van der Waals surface area (Å²) in [5, 5.41) is 0. The van der Waals surface area contributed by atoms with Gasteiger partial charge in [0.1, 0.15) is 5.82 Å². The van der Waals surface area contributed by atoms with Crippen LogP contribution in [0.2, 0.25) is 0 Å². The van der Waals surface area contributed by atoms with E-state index in [4.69, 9.17) is 5.73 Å². The van der Waals surface area contributed by atoms with Gasteiger partial charge >= 0.3 is 0 Å². The number of aryl methyl sites for hydroxylation is 2. The van der Waals surface area contributed by atoms with Crippen LogP contribution in [0.25, 0.3) is 0 Å². The Hall–Kier alpha value is -0.960. The summed E-state index contributed by atoms with van der Waals surface area (Å²) in [5.74, 6) is 1.73. The standard InChI is InChI=1S/C13H23N3/c1-6-8(2)13-15-10(4)12(9(3)7-14)11(5)16-13/h8-9H,6-7,14H2,1-5H3. The average molecular weight is 221 g/mol. The highest BCUT2D eigenvalue weighted by Crippen LogP contribution is 2.23. The first-order valence-electron chi connectivity index (χ1n) is 6.06. The summed E-state index contributed by atoms with van der Waals surface area (Å²) in [6.07, 6.45) is 1.07. The summed E-state index contributed by atoms with van der Waals surface area (Å²) in [7, 11) is 0. The molecule has 0 aliphatic carbocycles. The maximum absolute atomic E-state index is 5.71. The fraction of sp³-hybridized carbons (Fsp3) is 0.692. The number of hydrogen-bond donors (Lipinski definition) is 1. The van der Waals surface area contributed by atoms with Crippen LogP contribution < -0.4 is 5.73 Å². The summed E-state index contributed by atoms with van der Waals surface area (Å²) in [6.45, 7) is 11.2. The number of aromatic nitrogens is 2. The molecular weight excluding hydrogens is 198 g/mol. The van der Waals surface area contributed by atoms with Gasteiger partial charge in [0.25, 0.3) is 0 Å². The van der Waals surface area contributed by atoms with Crippen LogP contribution in [-0.2, 0) is 0 Å². The van der Waals surface area contributed by atoms with E-state index in [1.54, 1.807) is 0 Å². The van der Waals surface area contributed by atoms with Crippen LogP contribution in [0.1, 0.15) is 61.8 Å². The van der Waals surface area contributed by atoms with Gasteiger partial charge < -0.3 is 5.73 Å². The molecule has 3 nitrogen and oxygen atoms in total. The second kappa shape index (κ2) is 5.39. The molecule has 3 heteroatoms. The van der Waals surface area contributed by atoms with Crippen molar-refractivity contribution in [2.24, 2.45) is 5.73 Å². The molecule has 1 aromatic rings. The van der Waals surface area contributed by atoms with Crippen LogP contribution in [0.3, 0.4) is 0 Å². The first-order chi connectivity index (χ1) is 7.51. The number of hydrogen-bond acceptors (Lipinski definition) is 3. The normalized spacial score (nSPS) is 14.9. The Bertz CT molecular complexity index is 337. The maximum atomic E-state index is 5.71. The van der Waals surface area contributed by atoms with Gasteiger partial charge in [-0.3, -0.25) is 0 Å². The third-order valence-corrected chi connectivity index (χ3v) is 3.24. The Balaban J connectivity index is 3.17. The average Bonchev–Trinajstić information content (AvgIpc) is 2.26. The molecule has 2 unspecified atom stereocenters. The second-order valence-corrected chi connectivity index (χ2v) is 4.61. The first-order valence-corrected chi connectivity index (χ1v) is 6.06. The summed E-state index contributed by atoms with van der Waals surface area (Å²) < 4.78 is 0. The summed E-state index contributed by atoms with van der Waals surface area (Å²) in [4.78, 5) is 9.21.